The molecular formula is HO5P. The van der Waals surface area contributed by atoms with Crippen LogP contribution in [0.15, 0.2) is 0 Å². The molecule has 0 amide bonds. The molecule has 0 aromatic rings. The van der Waals surface area contributed by atoms with Gasteiger partial charge in [-0.3, -0.25) is 0 Å². The third-order valence-electron chi connectivity index (χ3n) is 0.0913. The Morgan fingerprint density at radius 3 is 2.50 bits per heavy atom. The minimum atomic E-state index is -0.712. The first-order valence-corrected chi connectivity index (χ1v) is 1.61. The Morgan fingerprint density at radius 1 is 1.67 bits per heavy atom. The van der Waals surface area contributed by atoms with E-state index in [2.05, 4.69) is 14.8 Å². The van der Waals surface area contributed by atoms with Gasteiger partial charge in [-0.2, -0.15) is 0 Å². The normalized spacial score (nSPS) is 9.50. The second-order valence-electron chi connectivity index (χ2n) is 0.292. The molecule has 0 aromatic carbocycles. The van der Waals surface area contributed by atoms with Crippen molar-refractivity contribution < 1.29 is 24.6 Å². The maximum Gasteiger partial charge on any atom is 0.361 e. The van der Waals surface area contributed by atoms with Gasteiger partial charge in [-0.1, -0.05) is 0 Å². The van der Waals surface area contributed by atoms with E-state index in [1.165, 1.54) is 0 Å². The third kappa shape index (κ3) is 3.94. The Labute approximate surface area is 34.5 Å². The van der Waals surface area contributed by atoms with Crippen LogP contribution in [0, 0.1) is 0 Å². The van der Waals surface area contributed by atoms with Gasteiger partial charge in [0.15, 0.2) is 0 Å². The Kier molecular flexibility index (Phi) is 4.89. The molecule has 0 bridgehead atoms. The van der Waals surface area contributed by atoms with Crippen LogP contribution in [0.3, 0.4) is 0 Å². The van der Waals surface area contributed by atoms with E-state index in [1.54, 1.807) is 0 Å². The largest absolute Gasteiger partial charge is 0.361 e. The topological polar surface area (TPSA) is 65.0 Å². The van der Waals surface area contributed by atoms with Crippen molar-refractivity contribution in [3.63, 3.8) is 0 Å². The van der Waals surface area contributed by atoms with E-state index in [-0.39, 0.29) is 0 Å². The molecule has 0 aliphatic heterocycles. The molecule has 0 fully saturated rings. The van der Waals surface area contributed by atoms with Crippen LogP contribution in [0.2, 0.25) is 0 Å². The lowest BCUT2D eigenvalue weighted by Gasteiger charge is -1.79. The Hall–Kier alpha value is -0.0600. The summed E-state index contributed by atoms with van der Waals surface area (Å²) in [5, 5.41) is 13.3. The first kappa shape index (κ1) is 5.94. The first-order chi connectivity index (χ1) is 2.91. The fourth-order valence-corrected chi connectivity index (χ4v) is 0.0781. The molecule has 0 atom stereocenters. The Balaban J connectivity index is 2.49. The standard InChI is InChI=1S/HO5P/c1-3-4-5-6-2/h1H. The van der Waals surface area contributed by atoms with Crippen LogP contribution < -0.4 is 0 Å². The third-order valence-corrected chi connectivity index (χ3v) is 0.213. The van der Waals surface area contributed by atoms with Crippen molar-refractivity contribution in [3.05, 3.63) is 0 Å². The Morgan fingerprint density at radius 2 is 2.33 bits per heavy atom. The predicted molar refractivity (Wildman–Crippen MR) is 13.5 cm³/mol. The van der Waals surface area contributed by atoms with Crippen molar-refractivity contribution in [2.45, 2.75) is 0 Å². The van der Waals surface area contributed by atoms with Crippen molar-refractivity contribution in [1.29, 1.82) is 0 Å². The fourth-order valence-electron chi connectivity index (χ4n) is 0.0260. The van der Waals surface area contributed by atoms with Gasteiger partial charge in [0, 0.05) is 0 Å². The summed E-state index contributed by atoms with van der Waals surface area (Å²) < 4.78 is 12.5. The highest BCUT2D eigenvalue weighted by molar-refractivity contribution is 7.17. The highest BCUT2D eigenvalue weighted by atomic mass is 31.1. The zero-order valence-electron chi connectivity index (χ0n) is 2.53. The van der Waals surface area contributed by atoms with Crippen LogP contribution in [-0.2, 0) is 19.3 Å². The molecule has 0 heterocycles. The van der Waals surface area contributed by atoms with E-state index in [0.29, 0.717) is 0 Å². The summed E-state index contributed by atoms with van der Waals surface area (Å²) in [6.45, 7) is 0. The van der Waals surface area contributed by atoms with Crippen LogP contribution in [0.25, 0.3) is 0 Å². The number of hydrogen-bond acceptors (Lipinski definition) is 5. The second-order valence-corrected chi connectivity index (χ2v) is 0.590. The van der Waals surface area contributed by atoms with Gasteiger partial charge in [0.1, 0.15) is 0 Å². The molecule has 36 valence electrons. The SMILES string of the molecule is O=POOOO. The van der Waals surface area contributed by atoms with Gasteiger partial charge in [0.25, 0.3) is 0 Å². The minimum Gasteiger partial charge on any atom is -0.238 e. The number of hydrogen-bond donors (Lipinski definition) is 1. The average Bonchev–Trinajstić information content (AvgIpc) is 1.61. The maximum atomic E-state index is 9.12. The van der Waals surface area contributed by atoms with Crippen LogP contribution in [0.1, 0.15) is 0 Å². The molecule has 5 nitrogen and oxygen atoms in total. The molecule has 0 saturated heterocycles. The zero-order chi connectivity index (χ0) is 4.83. The lowest BCUT2D eigenvalue weighted by molar-refractivity contribution is -0.593. The summed E-state index contributed by atoms with van der Waals surface area (Å²) >= 11 is 0. The molecule has 0 saturated carbocycles. The van der Waals surface area contributed by atoms with E-state index in [0.717, 1.165) is 0 Å². The summed E-state index contributed by atoms with van der Waals surface area (Å²) in [5.74, 6) is 0. The summed E-state index contributed by atoms with van der Waals surface area (Å²) in [4.78, 5) is 0. The fraction of sp³-hybridized carbons (Fsp3) is 0. The predicted octanol–water partition coefficient (Wildman–Crippen LogP) is 0.546. The monoisotopic (exact) mass is 112 g/mol. The average molecular weight is 112 g/mol. The van der Waals surface area contributed by atoms with E-state index in [1.807, 2.05) is 0 Å². The van der Waals surface area contributed by atoms with Gasteiger partial charge in [-0.25, -0.2) is 9.82 Å². The van der Waals surface area contributed by atoms with Crippen molar-refractivity contribution in [2.75, 3.05) is 0 Å². The van der Waals surface area contributed by atoms with E-state index < -0.39 is 8.69 Å². The molecule has 0 aliphatic rings. The van der Waals surface area contributed by atoms with Crippen LogP contribution in [-0.4, -0.2) is 5.26 Å². The van der Waals surface area contributed by atoms with Gasteiger partial charge < -0.3 is 0 Å². The Bertz CT molecular complexity index is 32.9. The van der Waals surface area contributed by atoms with Gasteiger partial charge in [0.2, 0.25) is 0 Å². The lowest BCUT2D eigenvalue weighted by Crippen LogP contribution is -1.79. The van der Waals surface area contributed by atoms with E-state index in [9.17, 15) is 0 Å². The smallest absolute Gasteiger partial charge is 0.238 e. The van der Waals surface area contributed by atoms with E-state index >= 15 is 0 Å². The molecule has 0 rings (SSSR count). The lowest BCUT2D eigenvalue weighted by atomic mass is 14.4. The molecule has 0 unspecified atom stereocenters. The second kappa shape index (κ2) is 4.94. The summed E-state index contributed by atoms with van der Waals surface area (Å²) in [6.07, 6.45) is 0. The molecular weight excluding hydrogens is 111 g/mol. The highest BCUT2D eigenvalue weighted by Crippen LogP contribution is 1.92. The summed E-state index contributed by atoms with van der Waals surface area (Å²) in [7, 11) is -0.712. The van der Waals surface area contributed by atoms with Crippen LogP contribution >= 0.6 is 8.69 Å². The summed E-state index contributed by atoms with van der Waals surface area (Å²) in [5.41, 5.74) is 0. The van der Waals surface area contributed by atoms with Crippen LogP contribution in [0.4, 0.5) is 0 Å². The highest BCUT2D eigenvalue weighted by Gasteiger charge is 1.76. The molecule has 0 radical (unpaired) electrons. The van der Waals surface area contributed by atoms with Gasteiger partial charge in [0.05, 0.1) is 0 Å². The van der Waals surface area contributed by atoms with Crippen molar-refractivity contribution in [2.24, 2.45) is 0 Å². The molecule has 0 aliphatic carbocycles. The molecule has 0 aromatic heterocycles. The van der Waals surface area contributed by atoms with Crippen LogP contribution in [0.5, 0.6) is 0 Å². The van der Waals surface area contributed by atoms with Gasteiger partial charge in [-0.05, 0) is 10.1 Å². The van der Waals surface area contributed by atoms with Crippen molar-refractivity contribution in [1.82, 2.24) is 0 Å². The van der Waals surface area contributed by atoms with Crippen molar-refractivity contribution in [3.8, 4) is 0 Å². The molecule has 0 spiro atoms. The zero-order valence-corrected chi connectivity index (χ0v) is 3.42. The van der Waals surface area contributed by atoms with Crippen molar-refractivity contribution >= 4 is 8.69 Å². The first-order valence-electron chi connectivity index (χ1n) is 0.881. The van der Waals surface area contributed by atoms with E-state index in [4.69, 9.17) is 9.82 Å². The number of rotatable bonds is 3. The van der Waals surface area contributed by atoms with Gasteiger partial charge >= 0.3 is 8.69 Å². The maximum absolute atomic E-state index is 9.12. The van der Waals surface area contributed by atoms with Gasteiger partial charge in [-0.15, -0.1) is 4.67 Å². The molecule has 6 heteroatoms. The summed E-state index contributed by atoms with van der Waals surface area (Å²) in [6, 6.07) is 0. The quantitative estimate of drug-likeness (QED) is 0.250. The molecule has 6 heavy (non-hydrogen) atoms. The molecule has 1 N–H and O–H groups in total. The minimum absolute atomic E-state index is 0.712.